The Morgan fingerprint density at radius 1 is 1.00 bits per heavy atom. The van der Waals surface area contributed by atoms with Gasteiger partial charge in [-0.05, 0) is 68.2 Å². The summed E-state index contributed by atoms with van der Waals surface area (Å²) in [5, 5.41) is 0. The molecule has 1 heteroatoms. The fraction of sp³-hybridized carbons (Fsp3) is 0.647. The third-order valence-electron chi connectivity index (χ3n) is 5.81. The first-order valence-electron chi connectivity index (χ1n) is 7.70. The standard InChI is InChI=1S/C17H23N/c1-2-7-16-14(4-1)8-9-17(16)10-12-18(13-11-17)15-5-3-6-15/h1-2,4,7,15H,3,5-6,8-13H2. The number of piperidine rings is 1. The molecule has 2 aliphatic carbocycles. The number of likely N-dealkylation sites (tertiary alicyclic amines) is 1. The SMILES string of the molecule is c1ccc2c(c1)CCC21CCN(C2CCC2)CC1. The Labute approximate surface area is 110 Å². The van der Waals surface area contributed by atoms with Crippen molar-refractivity contribution in [1.29, 1.82) is 0 Å². The molecule has 1 aromatic rings. The molecule has 18 heavy (non-hydrogen) atoms. The summed E-state index contributed by atoms with van der Waals surface area (Å²) in [6, 6.07) is 10.1. The number of aryl methyl sites for hydroxylation is 1. The van der Waals surface area contributed by atoms with Gasteiger partial charge in [-0.25, -0.2) is 0 Å². The van der Waals surface area contributed by atoms with Gasteiger partial charge in [-0.15, -0.1) is 0 Å². The van der Waals surface area contributed by atoms with Gasteiger partial charge in [0.2, 0.25) is 0 Å². The molecule has 1 saturated heterocycles. The van der Waals surface area contributed by atoms with Gasteiger partial charge >= 0.3 is 0 Å². The Kier molecular flexibility index (Phi) is 2.51. The lowest BCUT2D eigenvalue weighted by molar-refractivity contribution is 0.0728. The summed E-state index contributed by atoms with van der Waals surface area (Å²) in [6.45, 7) is 2.69. The number of nitrogens with zero attached hydrogens (tertiary/aromatic N) is 1. The van der Waals surface area contributed by atoms with E-state index in [1.54, 1.807) is 11.1 Å². The number of hydrogen-bond acceptors (Lipinski definition) is 1. The molecule has 0 N–H and O–H groups in total. The van der Waals surface area contributed by atoms with Crippen molar-refractivity contribution in [2.24, 2.45) is 0 Å². The van der Waals surface area contributed by atoms with Crippen LogP contribution in [0.4, 0.5) is 0 Å². The van der Waals surface area contributed by atoms with E-state index < -0.39 is 0 Å². The van der Waals surface area contributed by atoms with Crippen LogP contribution in [-0.2, 0) is 11.8 Å². The lowest BCUT2D eigenvalue weighted by Crippen LogP contribution is -2.48. The molecule has 96 valence electrons. The minimum absolute atomic E-state index is 0.552. The molecule has 4 rings (SSSR count). The molecule has 1 aromatic carbocycles. The molecule has 3 aliphatic rings. The molecule has 0 unspecified atom stereocenters. The van der Waals surface area contributed by atoms with Crippen LogP contribution in [0.2, 0.25) is 0 Å². The van der Waals surface area contributed by atoms with Crippen molar-refractivity contribution in [2.45, 2.75) is 56.4 Å². The van der Waals surface area contributed by atoms with Gasteiger partial charge in [0.1, 0.15) is 0 Å². The molecular formula is C17H23N. The van der Waals surface area contributed by atoms with Gasteiger partial charge in [0.15, 0.2) is 0 Å². The summed E-state index contributed by atoms with van der Waals surface area (Å²) in [7, 11) is 0. The third-order valence-corrected chi connectivity index (χ3v) is 5.81. The summed E-state index contributed by atoms with van der Waals surface area (Å²) in [4.78, 5) is 2.77. The second-order valence-corrected chi connectivity index (χ2v) is 6.56. The normalized spacial score (nSPS) is 27.1. The lowest BCUT2D eigenvalue weighted by atomic mass is 9.73. The van der Waals surface area contributed by atoms with Crippen molar-refractivity contribution in [3.63, 3.8) is 0 Å². The quantitative estimate of drug-likeness (QED) is 0.727. The zero-order valence-electron chi connectivity index (χ0n) is 11.2. The Morgan fingerprint density at radius 3 is 2.50 bits per heavy atom. The molecule has 1 aliphatic heterocycles. The van der Waals surface area contributed by atoms with Crippen LogP contribution in [0, 0.1) is 0 Å². The topological polar surface area (TPSA) is 3.24 Å². The predicted molar refractivity (Wildman–Crippen MR) is 74.9 cm³/mol. The minimum atomic E-state index is 0.552. The van der Waals surface area contributed by atoms with Crippen LogP contribution in [0.5, 0.6) is 0 Å². The Morgan fingerprint density at radius 2 is 1.78 bits per heavy atom. The maximum Gasteiger partial charge on any atom is 0.00952 e. The number of rotatable bonds is 1. The van der Waals surface area contributed by atoms with E-state index in [-0.39, 0.29) is 0 Å². The highest BCUT2D eigenvalue weighted by atomic mass is 15.2. The zero-order chi connectivity index (χ0) is 12.0. The van der Waals surface area contributed by atoms with E-state index in [1.807, 2.05) is 0 Å². The van der Waals surface area contributed by atoms with Crippen molar-refractivity contribution < 1.29 is 0 Å². The van der Waals surface area contributed by atoms with Crippen LogP contribution < -0.4 is 0 Å². The van der Waals surface area contributed by atoms with E-state index in [0.29, 0.717) is 5.41 Å². The number of hydrogen-bond donors (Lipinski definition) is 0. The molecule has 1 heterocycles. The highest BCUT2D eigenvalue weighted by Crippen LogP contribution is 2.46. The second-order valence-electron chi connectivity index (χ2n) is 6.56. The molecule has 0 aromatic heterocycles. The van der Waals surface area contributed by atoms with E-state index >= 15 is 0 Å². The number of benzene rings is 1. The zero-order valence-corrected chi connectivity index (χ0v) is 11.2. The van der Waals surface area contributed by atoms with Gasteiger partial charge in [0, 0.05) is 6.04 Å². The highest BCUT2D eigenvalue weighted by molar-refractivity contribution is 5.39. The largest absolute Gasteiger partial charge is 0.300 e. The number of fused-ring (bicyclic) bond motifs is 2. The summed E-state index contributed by atoms with van der Waals surface area (Å²) in [5.74, 6) is 0. The maximum atomic E-state index is 2.77. The molecule has 1 saturated carbocycles. The van der Waals surface area contributed by atoms with Crippen LogP contribution in [0.15, 0.2) is 24.3 Å². The van der Waals surface area contributed by atoms with Crippen molar-refractivity contribution in [3.05, 3.63) is 35.4 Å². The average Bonchev–Trinajstić information content (AvgIpc) is 2.70. The third kappa shape index (κ3) is 1.56. The molecule has 1 spiro atoms. The molecule has 0 amide bonds. The van der Waals surface area contributed by atoms with Crippen molar-refractivity contribution in [2.75, 3.05) is 13.1 Å². The van der Waals surface area contributed by atoms with Gasteiger partial charge < -0.3 is 4.90 Å². The molecule has 0 bridgehead atoms. The summed E-state index contributed by atoms with van der Waals surface area (Å²) in [5.41, 5.74) is 3.88. The first-order chi connectivity index (χ1) is 8.87. The lowest BCUT2D eigenvalue weighted by Gasteiger charge is -2.46. The van der Waals surface area contributed by atoms with E-state index in [1.165, 1.54) is 58.0 Å². The van der Waals surface area contributed by atoms with E-state index in [4.69, 9.17) is 0 Å². The Balaban J connectivity index is 1.53. The second kappa shape index (κ2) is 4.09. The average molecular weight is 241 g/mol. The van der Waals surface area contributed by atoms with E-state index in [2.05, 4.69) is 29.2 Å². The summed E-state index contributed by atoms with van der Waals surface area (Å²) >= 11 is 0. The van der Waals surface area contributed by atoms with Gasteiger partial charge in [0.05, 0.1) is 0 Å². The fourth-order valence-corrected chi connectivity index (χ4v) is 4.35. The maximum absolute atomic E-state index is 2.77. The molecule has 0 atom stereocenters. The van der Waals surface area contributed by atoms with Crippen molar-refractivity contribution in [1.82, 2.24) is 4.90 Å². The minimum Gasteiger partial charge on any atom is -0.300 e. The van der Waals surface area contributed by atoms with Crippen LogP contribution in [0.25, 0.3) is 0 Å². The highest BCUT2D eigenvalue weighted by Gasteiger charge is 2.42. The Bertz CT molecular complexity index is 439. The fourth-order valence-electron chi connectivity index (χ4n) is 4.35. The first-order valence-corrected chi connectivity index (χ1v) is 7.70. The summed E-state index contributed by atoms with van der Waals surface area (Å²) in [6.07, 6.45) is 9.92. The first kappa shape index (κ1) is 11.0. The smallest absolute Gasteiger partial charge is 0.00952 e. The van der Waals surface area contributed by atoms with Crippen LogP contribution >= 0.6 is 0 Å². The molecular weight excluding hydrogens is 218 g/mol. The van der Waals surface area contributed by atoms with Crippen molar-refractivity contribution >= 4 is 0 Å². The van der Waals surface area contributed by atoms with Gasteiger partial charge in [-0.1, -0.05) is 30.7 Å². The van der Waals surface area contributed by atoms with Crippen LogP contribution in [0.3, 0.4) is 0 Å². The molecule has 2 fully saturated rings. The monoisotopic (exact) mass is 241 g/mol. The predicted octanol–water partition coefficient (Wildman–Crippen LogP) is 3.52. The van der Waals surface area contributed by atoms with E-state index in [9.17, 15) is 0 Å². The van der Waals surface area contributed by atoms with E-state index in [0.717, 1.165) is 6.04 Å². The van der Waals surface area contributed by atoms with Crippen LogP contribution in [-0.4, -0.2) is 24.0 Å². The van der Waals surface area contributed by atoms with Gasteiger partial charge in [-0.3, -0.25) is 0 Å². The molecule has 0 radical (unpaired) electrons. The van der Waals surface area contributed by atoms with Gasteiger partial charge in [0.25, 0.3) is 0 Å². The Hall–Kier alpha value is -0.820. The van der Waals surface area contributed by atoms with Crippen molar-refractivity contribution in [3.8, 4) is 0 Å². The molecule has 1 nitrogen and oxygen atoms in total. The van der Waals surface area contributed by atoms with Crippen LogP contribution in [0.1, 0.15) is 49.7 Å². The summed E-state index contributed by atoms with van der Waals surface area (Å²) < 4.78 is 0. The van der Waals surface area contributed by atoms with Gasteiger partial charge in [-0.2, -0.15) is 0 Å².